The van der Waals surface area contributed by atoms with Gasteiger partial charge in [-0.1, -0.05) is 6.92 Å². The fourth-order valence-corrected chi connectivity index (χ4v) is 3.71. The second-order valence-electron chi connectivity index (χ2n) is 7.15. The molecule has 1 fully saturated rings. The molecule has 1 amide bonds. The van der Waals surface area contributed by atoms with Crippen molar-refractivity contribution in [3.63, 3.8) is 0 Å². The first kappa shape index (κ1) is 16.9. The summed E-state index contributed by atoms with van der Waals surface area (Å²) in [5.41, 5.74) is 8.27. The van der Waals surface area contributed by atoms with Gasteiger partial charge in [0.15, 0.2) is 5.65 Å². The number of carbonyl (C=O) groups excluding carboxylic acids is 1. The summed E-state index contributed by atoms with van der Waals surface area (Å²) in [6.45, 7) is 9.51. The van der Waals surface area contributed by atoms with Gasteiger partial charge < -0.3 is 10.6 Å². The van der Waals surface area contributed by atoms with Crippen molar-refractivity contribution in [3.8, 4) is 0 Å². The quantitative estimate of drug-likeness (QED) is 0.938. The van der Waals surface area contributed by atoms with Gasteiger partial charge in [-0.3, -0.25) is 4.79 Å². The van der Waals surface area contributed by atoms with E-state index in [4.69, 9.17) is 5.73 Å². The minimum absolute atomic E-state index is 0.0517. The van der Waals surface area contributed by atoms with Crippen LogP contribution in [0.15, 0.2) is 12.3 Å². The molecule has 3 heterocycles. The normalized spacial score (nSPS) is 21.7. The molecule has 1 aliphatic rings. The smallest absolute Gasteiger partial charge is 0.255 e. The van der Waals surface area contributed by atoms with Crippen molar-refractivity contribution in [2.24, 2.45) is 11.7 Å². The second kappa shape index (κ2) is 6.51. The average molecular weight is 329 g/mol. The molecule has 2 aromatic heterocycles. The fourth-order valence-electron chi connectivity index (χ4n) is 3.71. The number of rotatable bonds is 3. The highest BCUT2D eigenvalue weighted by molar-refractivity contribution is 6.05. The van der Waals surface area contributed by atoms with E-state index in [0.29, 0.717) is 18.0 Å². The van der Waals surface area contributed by atoms with E-state index in [0.717, 1.165) is 36.1 Å². The molecule has 6 heteroatoms. The van der Waals surface area contributed by atoms with E-state index in [1.54, 1.807) is 6.20 Å². The lowest BCUT2D eigenvalue weighted by atomic mass is 9.90. The summed E-state index contributed by atoms with van der Waals surface area (Å²) in [4.78, 5) is 19.8. The zero-order valence-electron chi connectivity index (χ0n) is 15.0. The summed E-state index contributed by atoms with van der Waals surface area (Å²) in [6, 6.07) is 2.19. The maximum absolute atomic E-state index is 13.3. The highest BCUT2D eigenvalue weighted by Gasteiger charge is 2.32. The minimum atomic E-state index is 0.0517. The van der Waals surface area contributed by atoms with Crippen LogP contribution in [0, 0.1) is 12.8 Å². The van der Waals surface area contributed by atoms with Crippen molar-refractivity contribution in [1.29, 1.82) is 0 Å². The Kier molecular flexibility index (Phi) is 4.58. The number of aromatic nitrogens is 3. The van der Waals surface area contributed by atoms with Crippen LogP contribution in [0.1, 0.15) is 55.7 Å². The summed E-state index contributed by atoms with van der Waals surface area (Å²) < 4.78 is 1.87. The summed E-state index contributed by atoms with van der Waals surface area (Å²) in [5.74, 6) is 0.486. The number of nitrogens with zero attached hydrogens (tertiary/aromatic N) is 4. The number of hydrogen-bond donors (Lipinski definition) is 1. The molecule has 24 heavy (non-hydrogen) atoms. The molecule has 2 aromatic rings. The molecule has 0 bridgehead atoms. The molecule has 1 saturated heterocycles. The Morgan fingerprint density at radius 1 is 1.46 bits per heavy atom. The van der Waals surface area contributed by atoms with E-state index in [-0.39, 0.29) is 18.0 Å². The molecule has 0 aromatic carbocycles. The Balaban J connectivity index is 2.06. The monoisotopic (exact) mass is 329 g/mol. The molecule has 0 unspecified atom stereocenters. The van der Waals surface area contributed by atoms with Crippen LogP contribution < -0.4 is 5.73 Å². The largest absolute Gasteiger partial charge is 0.334 e. The van der Waals surface area contributed by atoms with Crippen LogP contribution >= 0.6 is 0 Å². The van der Waals surface area contributed by atoms with E-state index in [2.05, 4.69) is 30.9 Å². The Bertz CT molecular complexity index is 751. The van der Waals surface area contributed by atoms with Gasteiger partial charge in [0.2, 0.25) is 0 Å². The zero-order valence-corrected chi connectivity index (χ0v) is 15.0. The van der Waals surface area contributed by atoms with Crippen molar-refractivity contribution in [2.75, 3.05) is 13.1 Å². The summed E-state index contributed by atoms with van der Waals surface area (Å²) in [7, 11) is 0. The van der Waals surface area contributed by atoms with Crippen LogP contribution in [0.25, 0.3) is 11.0 Å². The molecule has 0 saturated carbocycles. The standard InChI is InChI=1S/C18H27N5O/c1-11(2)23-17-15(10-20-23)14(8-13(4)21-17)18(24)22-7-5-6-12(3)16(22)9-19/h8,10-12,16H,5-7,9,19H2,1-4H3/t12-,16+/m0/s1. The molecule has 0 aliphatic carbocycles. The third kappa shape index (κ3) is 2.79. The molecule has 2 atom stereocenters. The van der Waals surface area contributed by atoms with E-state index >= 15 is 0 Å². The maximum Gasteiger partial charge on any atom is 0.255 e. The van der Waals surface area contributed by atoms with E-state index in [9.17, 15) is 4.79 Å². The molecule has 130 valence electrons. The van der Waals surface area contributed by atoms with Crippen LogP contribution in [0.2, 0.25) is 0 Å². The Morgan fingerprint density at radius 3 is 2.88 bits per heavy atom. The van der Waals surface area contributed by atoms with Crippen molar-refractivity contribution in [2.45, 2.75) is 52.6 Å². The molecule has 1 aliphatic heterocycles. The predicted octanol–water partition coefficient (Wildman–Crippen LogP) is 2.52. The number of nitrogens with two attached hydrogens (primary N) is 1. The van der Waals surface area contributed by atoms with E-state index in [1.165, 1.54) is 0 Å². The van der Waals surface area contributed by atoms with Crippen molar-refractivity contribution < 1.29 is 4.79 Å². The van der Waals surface area contributed by atoms with Gasteiger partial charge >= 0.3 is 0 Å². The minimum Gasteiger partial charge on any atom is -0.334 e. The number of likely N-dealkylation sites (tertiary alicyclic amines) is 1. The number of amides is 1. The molecule has 2 N–H and O–H groups in total. The number of aryl methyl sites for hydroxylation is 1. The fraction of sp³-hybridized carbons (Fsp3) is 0.611. The third-order valence-corrected chi connectivity index (χ3v) is 5.03. The van der Waals surface area contributed by atoms with Crippen LogP contribution in [0.5, 0.6) is 0 Å². The van der Waals surface area contributed by atoms with Gasteiger partial charge in [0.05, 0.1) is 17.1 Å². The Morgan fingerprint density at radius 2 is 2.21 bits per heavy atom. The molecule has 3 rings (SSSR count). The first-order chi connectivity index (χ1) is 11.4. The van der Waals surface area contributed by atoms with Crippen LogP contribution in [0.4, 0.5) is 0 Å². The van der Waals surface area contributed by atoms with E-state index in [1.807, 2.05) is 22.6 Å². The number of hydrogen-bond acceptors (Lipinski definition) is 4. The molecular weight excluding hydrogens is 302 g/mol. The van der Waals surface area contributed by atoms with E-state index < -0.39 is 0 Å². The van der Waals surface area contributed by atoms with Crippen molar-refractivity contribution >= 4 is 16.9 Å². The molecule has 6 nitrogen and oxygen atoms in total. The lowest BCUT2D eigenvalue weighted by Gasteiger charge is -2.39. The van der Waals surface area contributed by atoms with Gasteiger partial charge in [-0.2, -0.15) is 5.10 Å². The number of pyridine rings is 1. The average Bonchev–Trinajstić information content (AvgIpc) is 2.97. The predicted molar refractivity (Wildman–Crippen MR) is 94.9 cm³/mol. The SMILES string of the molecule is Cc1cc(C(=O)N2CCC[C@H](C)[C@H]2CN)c2cnn(C(C)C)c2n1. The van der Waals surface area contributed by atoms with Crippen molar-refractivity contribution in [3.05, 3.63) is 23.5 Å². The first-order valence-corrected chi connectivity index (χ1v) is 8.80. The second-order valence-corrected chi connectivity index (χ2v) is 7.15. The molecule has 0 radical (unpaired) electrons. The number of carbonyl (C=O) groups is 1. The summed E-state index contributed by atoms with van der Waals surface area (Å²) in [5, 5.41) is 5.26. The van der Waals surface area contributed by atoms with Crippen molar-refractivity contribution in [1.82, 2.24) is 19.7 Å². The van der Waals surface area contributed by atoms with Gasteiger partial charge in [-0.25, -0.2) is 9.67 Å². The molecule has 0 spiro atoms. The number of piperidine rings is 1. The Hall–Kier alpha value is -1.95. The van der Waals surface area contributed by atoms with Gasteiger partial charge in [-0.05, 0) is 45.6 Å². The lowest BCUT2D eigenvalue weighted by molar-refractivity contribution is 0.0534. The van der Waals surface area contributed by atoms with Crippen LogP contribution in [-0.4, -0.2) is 44.7 Å². The first-order valence-electron chi connectivity index (χ1n) is 8.80. The van der Waals surface area contributed by atoms with Crippen LogP contribution in [-0.2, 0) is 0 Å². The summed E-state index contributed by atoms with van der Waals surface area (Å²) >= 11 is 0. The lowest BCUT2D eigenvalue weighted by Crippen LogP contribution is -2.51. The number of fused-ring (bicyclic) bond motifs is 1. The van der Waals surface area contributed by atoms with Gasteiger partial charge in [0.25, 0.3) is 5.91 Å². The maximum atomic E-state index is 13.3. The Labute approximate surface area is 143 Å². The van der Waals surface area contributed by atoms with Gasteiger partial charge in [0, 0.05) is 30.9 Å². The van der Waals surface area contributed by atoms with Gasteiger partial charge in [-0.15, -0.1) is 0 Å². The molecular formula is C18H27N5O. The van der Waals surface area contributed by atoms with Crippen LogP contribution in [0.3, 0.4) is 0 Å². The topological polar surface area (TPSA) is 77.0 Å². The zero-order chi connectivity index (χ0) is 17.4. The third-order valence-electron chi connectivity index (χ3n) is 5.03. The highest BCUT2D eigenvalue weighted by atomic mass is 16.2. The summed E-state index contributed by atoms with van der Waals surface area (Å²) in [6.07, 6.45) is 3.92. The van der Waals surface area contributed by atoms with Gasteiger partial charge in [0.1, 0.15) is 0 Å². The highest BCUT2D eigenvalue weighted by Crippen LogP contribution is 2.27.